The second-order valence-corrected chi connectivity index (χ2v) is 6.16. The summed E-state index contributed by atoms with van der Waals surface area (Å²) in [6.45, 7) is 8.64. The molecule has 1 N–H and O–H groups in total. The largest absolute Gasteiger partial charge is 0.467 e. The van der Waals surface area contributed by atoms with Crippen molar-refractivity contribution in [2.45, 2.75) is 58.4 Å². The lowest BCUT2D eigenvalue weighted by Crippen LogP contribution is -2.31. The monoisotopic (exact) mass is 277 g/mol. The van der Waals surface area contributed by atoms with Gasteiger partial charge in [0.2, 0.25) is 0 Å². The van der Waals surface area contributed by atoms with Crippen molar-refractivity contribution < 1.29 is 9.53 Å². The fourth-order valence-corrected chi connectivity index (χ4v) is 2.25. The molecule has 1 rings (SSSR count). The molecule has 112 valence electrons. The van der Waals surface area contributed by atoms with Crippen LogP contribution in [0.3, 0.4) is 0 Å². The van der Waals surface area contributed by atoms with Crippen molar-refractivity contribution in [3.63, 3.8) is 0 Å². The molecule has 1 atom stereocenters. The SMILES string of the molecule is CCCCC(Nc1ccccc1C(C)(C)C)C(=O)OC. The van der Waals surface area contributed by atoms with Crippen LogP contribution in [0.15, 0.2) is 24.3 Å². The number of carbonyl (C=O) groups excluding carboxylic acids is 1. The van der Waals surface area contributed by atoms with E-state index in [0.29, 0.717) is 0 Å². The van der Waals surface area contributed by atoms with Gasteiger partial charge < -0.3 is 10.1 Å². The van der Waals surface area contributed by atoms with E-state index in [9.17, 15) is 4.79 Å². The minimum atomic E-state index is -0.275. The van der Waals surface area contributed by atoms with Crippen molar-refractivity contribution in [1.29, 1.82) is 0 Å². The Kier molecular flexibility index (Phi) is 6.05. The van der Waals surface area contributed by atoms with E-state index < -0.39 is 0 Å². The molecule has 0 heterocycles. The Bertz CT molecular complexity index is 435. The third-order valence-electron chi connectivity index (χ3n) is 3.40. The number of hydrogen-bond donors (Lipinski definition) is 1. The summed E-state index contributed by atoms with van der Waals surface area (Å²) in [7, 11) is 1.44. The first-order chi connectivity index (χ1) is 9.40. The van der Waals surface area contributed by atoms with E-state index in [1.807, 2.05) is 18.2 Å². The summed E-state index contributed by atoms with van der Waals surface area (Å²) in [5.74, 6) is -0.192. The maximum atomic E-state index is 11.9. The molecule has 1 aromatic rings. The second-order valence-electron chi connectivity index (χ2n) is 6.16. The summed E-state index contributed by atoms with van der Waals surface area (Å²) in [5.41, 5.74) is 2.27. The predicted octanol–water partition coefficient (Wildman–Crippen LogP) is 4.13. The smallest absolute Gasteiger partial charge is 0.328 e. The number of rotatable bonds is 6. The van der Waals surface area contributed by atoms with Crippen LogP contribution in [0.25, 0.3) is 0 Å². The third kappa shape index (κ3) is 4.55. The summed E-state index contributed by atoms with van der Waals surface area (Å²) >= 11 is 0. The lowest BCUT2D eigenvalue weighted by atomic mass is 9.85. The quantitative estimate of drug-likeness (QED) is 0.795. The fourth-order valence-electron chi connectivity index (χ4n) is 2.25. The Hall–Kier alpha value is -1.51. The molecule has 3 nitrogen and oxygen atoms in total. The molecule has 1 aromatic carbocycles. The molecule has 0 aliphatic carbocycles. The van der Waals surface area contributed by atoms with Crippen LogP contribution in [-0.2, 0) is 14.9 Å². The molecule has 0 saturated carbocycles. The van der Waals surface area contributed by atoms with Crippen LogP contribution in [0.5, 0.6) is 0 Å². The van der Waals surface area contributed by atoms with Crippen LogP contribution in [0, 0.1) is 0 Å². The number of carbonyl (C=O) groups is 1. The molecule has 0 saturated heterocycles. The van der Waals surface area contributed by atoms with Crippen molar-refractivity contribution in [1.82, 2.24) is 0 Å². The lowest BCUT2D eigenvalue weighted by molar-refractivity contribution is -0.141. The topological polar surface area (TPSA) is 38.3 Å². The van der Waals surface area contributed by atoms with E-state index in [1.165, 1.54) is 12.7 Å². The highest BCUT2D eigenvalue weighted by Crippen LogP contribution is 2.30. The van der Waals surface area contributed by atoms with E-state index >= 15 is 0 Å². The first-order valence-electron chi connectivity index (χ1n) is 7.34. The maximum Gasteiger partial charge on any atom is 0.328 e. The van der Waals surface area contributed by atoms with Crippen LogP contribution in [0.1, 0.15) is 52.5 Å². The van der Waals surface area contributed by atoms with Gasteiger partial charge in [0, 0.05) is 5.69 Å². The van der Waals surface area contributed by atoms with Gasteiger partial charge in [-0.1, -0.05) is 58.7 Å². The Labute approximate surface area is 122 Å². The Morgan fingerprint density at radius 1 is 1.30 bits per heavy atom. The number of ether oxygens (including phenoxy) is 1. The summed E-state index contributed by atoms with van der Waals surface area (Å²) in [6, 6.07) is 7.89. The van der Waals surface area contributed by atoms with Crippen molar-refractivity contribution in [2.75, 3.05) is 12.4 Å². The maximum absolute atomic E-state index is 11.9. The molecule has 20 heavy (non-hydrogen) atoms. The standard InChI is InChI=1S/C17H27NO2/c1-6-7-11-15(16(19)20-5)18-14-12-9-8-10-13(14)17(2,3)4/h8-10,12,15,18H,6-7,11H2,1-5H3. The molecule has 0 bridgehead atoms. The van der Waals surface area contributed by atoms with Gasteiger partial charge in [-0.3, -0.25) is 0 Å². The van der Waals surface area contributed by atoms with Crippen molar-refractivity contribution in [2.24, 2.45) is 0 Å². The molecular weight excluding hydrogens is 250 g/mol. The normalized spacial score (nSPS) is 12.8. The van der Waals surface area contributed by atoms with Crippen LogP contribution in [0.2, 0.25) is 0 Å². The highest BCUT2D eigenvalue weighted by atomic mass is 16.5. The number of anilines is 1. The second kappa shape index (κ2) is 7.32. The summed E-state index contributed by atoms with van der Waals surface area (Å²) in [4.78, 5) is 11.9. The first kappa shape index (κ1) is 16.5. The minimum absolute atomic E-state index is 0.0367. The highest BCUT2D eigenvalue weighted by molar-refractivity contribution is 5.79. The summed E-state index contributed by atoms with van der Waals surface area (Å²) in [5, 5.41) is 3.37. The summed E-state index contributed by atoms with van der Waals surface area (Å²) < 4.78 is 4.91. The van der Waals surface area contributed by atoms with Gasteiger partial charge in [0.1, 0.15) is 6.04 Å². The van der Waals surface area contributed by atoms with Crippen molar-refractivity contribution in [3.05, 3.63) is 29.8 Å². The summed E-state index contributed by atoms with van der Waals surface area (Å²) in [6.07, 6.45) is 2.86. The number of nitrogens with one attached hydrogen (secondary N) is 1. The number of methoxy groups -OCH3 is 1. The van der Waals surface area contributed by atoms with Crippen LogP contribution in [-0.4, -0.2) is 19.1 Å². The number of hydrogen-bond acceptors (Lipinski definition) is 3. The Morgan fingerprint density at radius 3 is 2.50 bits per heavy atom. The molecule has 0 radical (unpaired) electrons. The molecule has 0 fully saturated rings. The molecule has 0 aromatic heterocycles. The average molecular weight is 277 g/mol. The van der Waals surface area contributed by atoms with E-state index in [0.717, 1.165) is 24.9 Å². The number of unbranched alkanes of at least 4 members (excludes halogenated alkanes) is 1. The third-order valence-corrected chi connectivity index (χ3v) is 3.40. The van der Waals surface area contributed by atoms with E-state index in [2.05, 4.69) is 39.1 Å². The highest BCUT2D eigenvalue weighted by Gasteiger charge is 2.22. The van der Waals surface area contributed by atoms with Gasteiger partial charge in [0.15, 0.2) is 0 Å². The van der Waals surface area contributed by atoms with E-state index in [1.54, 1.807) is 0 Å². The molecule has 0 aliphatic rings. The zero-order chi connectivity index (χ0) is 15.2. The van der Waals surface area contributed by atoms with Crippen LogP contribution in [0.4, 0.5) is 5.69 Å². The molecule has 0 amide bonds. The van der Waals surface area contributed by atoms with E-state index in [4.69, 9.17) is 4.74 Å². The minimum Gasteiger partial charge on any atom is -0.467 e. The van der Waals surface area contributed by atoms with Gasteiger partial charge in [-0.15, -0.1) is 0 Å². The van der Waals surface area contributed by atoms with Gasteiger partial charge >= 0.3 is 5.97 Å². The molecule has 0 spiro atoms. The Morgan fingerprint density at radius 2 is 1.95 bits per heavy atom. The van der Waals surface area contributed by atoms with Gasteiger partial charge in [-0.25, -0.2) is 4.79 Å². The van der Waals surface area contributed by atoms with Gasteiger partial charge in [-0.05, 0) is 23.5 Å². The molecule has 1 unspecified atom stereocenters. The number of benzene rings is 1. The van der Waals surface area contributed by atoms with Crippen LogP contribution >= 0.6 is 0 Å². The predicted molar refractivity (Wildman–Crippen MR) is 84.1 cm³/mol. The van der Waals surface area contributed by atoms with Crippen LogP contribution < -0.4 is 5.32 Å². The lowest BCUT2D eigenvalue weighted by Gasteiger charge is -2.26. The number of para-hydroxylation sites is 1. The van der Waals surface area contributed by atoms with Gasteiger partial charge in [0.05, 0.1) is 7.11 Å². The average Bonchev–Trinajstić information content (AvgIpc) is 2.42. The Balaban J connectivity index is 2.96. The molecule has 0 aliphatic heterocycles. The van der Waals surface area contributed by atoms with Crippen molar-refractivity contribution in [3.8, 4) is 0 Å². The zero-order valence-electron chi connectivity index (χ0n) is 13.3. The molecule has 3 heteroatoms. The molecular formula is C17H27NO2. The number of esters is 1. The van der Waals surface area contributed by atoms with E-state index in [-0.39, 0.29) is 17.4 Å². The van der Waals surface area contributed by atoms with Crippen molar-refractivity contribution >= 4 is 11.7 Å². The zero-order valence-corrected chi connectivity index (χ0v) is 13.3. The van der Waals surface area contributed by atoms with Gasteiger partial charge in [0.25, 0.3) is 0 Å². The first-order valence-corrected chi connectivity index (χ1v) is 7.34. The fraction of sp³-hybridized carbons (Fsp3) is 0.588. The van der Waals surface area contributed by atoms with Gasteiger partial charge in [-0.2, -0.15) is 0 Å².